The second kappa shape index (κ2) is 12.1. The van der Waals surface area contributed by atoms with Crippen LogP contribution in [0.25, 0.3) is 0 Å². The molecule has 6 nitrogen and oxygen atoms in total. The SMILES string of the molecule is CCOCCS(=O)(=O)NCCN1CCNCC1.Cl.Cl. The zero-order valence-electron chi connectivity index (χ0n) is 11.3. The number of hydrogen-bond donors (Lipinski definition) is 2. The van der Waals surface area contributed by atoms with E-state index >= 15 is 0 Å². The molecule has 0 aromatic carbocycles. The van der Waals surface area contributed by atoms with Crippen LogP contribution >= 0.6 is 24.8 Å². The van der Waals surface area contributed by atoms with Crippen molar-refractivity contribution in [1.29, 1.82) is 0 Å². The summed E-state index contributed by atoms with van der Waals surface area (Å²) in [6.45, 7) is 7.86. The molecule has 1 rings (SSSR count). The van der Waals surface area contributed by atoms with E-state index in [4.69, 9.17) is 4.74 Å². The van der Waals surface area contributed by atoms with E-state index in [0.717, 1.165) is 32.7 Å². The van der Waals surface area contributed by atoms with Gasteiger partial charge < -0.3 is 10.1 Å². The van der Waals surface area contributed by atoms with Crippen molar-refractivity contribution in [3.8, 4) is 0 Å². The second-order valence-electron chi connectivity index (χ2n) is 4.00. The minimum absolute atomic E-state index is 0. The molecule has 9 heteroatoms. The van der Waals surface area contributed by atoms with Crippen molar-refractivity contribution in [3.05, 3.63) is 0 Å². The van der Waals surface area contributed by atoms with Gasteiger partial charge in [0.25, 0.3) is 0 Å². The van der Waals surface area contributed by atoms with Crippen LogP contribution in [0.4, 0.5) is 0 Å². The molecule has 1 heterocycles. The summed E-state index contributed by atoms with van der Waals surface area (Å²) in [5, 5.41) is 3.26. The van der Waals surface area contributed by atoms with E-state index in [0.29, 0.717) is 13.2 Å². The number of halogens is 2. The third-order valence-electron chi connectivity index (χ3n) is 2.66. The predicted molar refractivity (Wildman–Crippen MR) is 82.1 cm³/mol. The summed E-state index contributed by atoms with van der Waals surface area (Å²) >= 11 is 0. The molecule has 118 valence electrons. The van der Waals surface area contributed by atoms with Gasteiger partial charge in [0, 0.05) is 45.9 Å². The molecule has 0 saturated carbocycles. The van der Waals surface area contributed by atoms with E-state index in [1.165, 1.54) is 0 Å². The first-order chi connectivity index (χ1) is 8.14. The molecule has 0 aliphatic carbocycles. The normalized spacial score (nSPS) is 16.5. The van der Waals surface area contributed by atoms with Crippen LogP contribution in [0.2, 0.25) is 0 Å². The van der Waals surface area contributed by atoms with E-state index in [2.05, 4.69) is 14.9 Å². The lowest BCUT2D eigenvalue weighted by Gasteiger charge is -2.27. The standard InChI is InChI=1S/C10H23N3O3S.2ClH/c1-2-16-9-10-17(14,15)12-5-8-13-6-3-11-4-7-13;;/h11-12H,2-10H2,1H3;2*1H. The Kier molecular flexibility index (Phi) is 13.8. The zero-order valence-corrected chi connectivity index (χ0v) is 13.7. The molecule has 2 N–H and O–H groups in total. The van der Waals surface area contributed by atoms with Gasteiger partial charge in [-0.3, -0.25) is 4.90 Å². The van der Waals surface area contributed by atoms with Crippen molar-refractivity contribution >= 4 is 34.8 Å². The fourth-order valence-corrected chi connectivity index (χ4v) is 2.56. The highest BCUT2D eigenvalue weighted by Gasteiger charge is 2.12. The Bertz CT molecular complexity index is 298. The molecule has 0 radical (unpaired) electrons. The molecular formula is C10H25Cl2N3O3S. The van der Waals surface area contributed by atoms with Gasteiger partial charge in [-0.15, -0.1) is 24.8 Å². The van der Waals surface area contributed by atoms with Crippen LogP contribution in [0.15, 0.2) is 0 Å². The third kappa shape index (κ3) is 10.8. The average Bonchev–Trinajstić information content (AvgIpc) is 2.30. The molecule has 0 aromatic rings. The van der Waals surface area contributed by atoms with E-state index in [-0.39, 0.29) is 37.2 Å². The quantitative estimate of drug-likeness (QED) is 0.594. The average molecular weight is 338 g/mol. The number of piperazine rings is 1. The van der Waals surface area contributed by atoms with Gasteiger partial charge >= 0.3 is 0 Å². The molecule has 1 aliphatic rings. The van der Waals surface area contributed by atoms with Gasteiger partial charge in [0.05, 0.1) is 12.4 Å². The highest BCUT2D eigenvalue weighted by Crippen LogP contribution is 1.91. The van der Waals surface area contributed by atoms with Crippen LogP contribution in [-0.4, -0.2) is 71.6 Å². The summed E-state index contributed by atoms with van der Waals surface area (Å²) in [5.74, 6) is 0.0440. The highest BCUT2D eigenvalue weighted by atomic mass is 35.5. The molecular weight excluding hydrogens is 313 g/mol. The summed E-state index contributed by atoms with van der Waals surface area (Å²) < 4.78 is 30.7. The van der Waals surface area contributed by atoms with Crippen molar-refractivity contribution in [1.82, 2.24) is 14.9 Å². The van der Waals surface area contributed by atoms with Crippen molar-refractivity contribution < 1.29 is 13.2 Å². The molecule has 0 bridgehead atoms. The van der Waals surface area contributed by atoms with Gasteiger partial charge in [-0.1, -0.05) is 0 Å². The van der Waals surface area contributed by atoms with Crippen molar-refractivity contribution in [2.75, 3.05) is 58.2 Å². The van der Waals surface area contributed by atoms with Gasteiger partial charge in [-0.25, -0.2) is 13.1 Å². The molecule has 0 amide bonds. The van der Waals surface area contributed by atoms with Gasteiger partial charge in [0.15, 0.2) is 0 Å². The lowest BCUT2D eigenvalue weighted by molar-refractivity contribution is 0.163. The molecule has 19 heavy (non-hydrogen) atoms. The van der Waals surface area contributed by atoms with Crippen LogP contribution in [0, 0.1) is 0 Å². The number of hydrogen-bond acceptors (Lipinski definition) is 5. The maximum absolute atomic E-state index is 11.5. The van der Waals surface area contributed by atoms with E-state index in [9.17, 15) is 8.42 Å². The van der Waals surface area contributed by atoms with Gasteiger partial charge in [0.2, 0.25) is 10.0 Å². The predicted octanol–water partition coefficient (Wildman–Crippen LogP) is -0.309. The van der Waals surface area contributed by atoms with E-state index in [1.807, 2.05) is 6.92 Å². The first-order valence-electron chi connectivity index (χ1n) is 6.12. The molecule has 1 aliphatic heterocycles. The summed E-state index contributed by atoms with van der Waals surface area (Å²) in [5.41, 5.74) is 0. The summed E-state index contributed by atoms with van der Waals surface area (Å²) in [4.78, 5) is 2.25. The zero-order chi connectivity index (χ0) is 12.6. The molecule has 0 atom stereocenters. The molecule has 1 saturated heterocycles. The van der Waals surface area contributed by atoms with Crippen LogP contribution in [0.1, 0.15) is 6.92 Å². The third-order valence-corrected chi connectivity index (χ3v) is 4.01. The molecule has 0 aromatic heterocycles. The Morgan fingerprint density at radius 1 is 1.26 bits per heavy atom. The summed E-state index contributed by atoms with van der Waals surface area (Å²) in [7, 11) is -3.17. The largest absolute Gasteiger partial charge is 0.381 e. The Morgan fingerprint density at radius 2 is 1.89 bits per heavy atom. The summed E-state index contributed by atoms with van der Waals surface area (Å²) in [6.07, 6.45) is 0. The lowest BCUT2D eigenvalue weighted by atomic mass is 10.3. The fraction of sp³-hybridized carbons (Fsp3) is 1.00. The van der Waals surface area contributed by atoms with Crippen molar-refractivity contribution in [2.24, 2.45) is 0 Å². The molecule has 0 unspecified atom stereocenters. The first kappa shape index (κ1) is 21.7. The van der Waals surface area contributed by atoms with Crippen LogP contribution in [-0.2, 0) is 14.8 Å². The van der Waals surface area contributed by atoms with Crippen LogP contribution < -0.4 is 10.0 Å². The fourth-order valence-electron chi connectivity index (χ4n) is 1.68. The van der Waals surface area contributed by atoms with Crippen molar-refractivity contribution in [2.45, 2.75) is 6.92 Å². The van der Waals surface area contributed by atoms with Crippen LogP contribution in [0.5, 0.6) is 0 Å². The van der Waals surface area contributed by atoms with E-state index < -0.39 is 10.0 Å². The number of sulfonamides is 1. The van der Waals surface area contributed by atoms with Gasteiger partial charge in [0.1, 0.15) is 0 Å². The minimum Gasteiger partial charge on any atom is -0.381 e. The lowest BCUT2D eigenvalue weighted by Crippen LogP contribution is -2.46. The highest BCUT2D eigenvalue weighted by molar-refractivity contribution is 7.89. The van der Waals surface area contributed by atoms with E-state index in [1.54, 1.807) is 0 Å². The maximum atomic E-state index is 11.5. The van der Waals surface area contributed by atoms with Gasteiger partial charge in [-0.05, 0) is 6.92 Å². The number of ether oxygens (including phenoxy) is 1. The first-order valence-corrected chi connectivity index (χ1v) is 7.77. The smallest absolute Gasteiger partial charge is 0.213 e. The topological polar surface area (TPSA) is 70.7 Å². The Morgan fingerprint density at radius 3 is 2.47 bits per heavy atom. The van der Waals surface area contributed by atoms with Crippen LogP contribution in [0.3, 0.4) is 0 Å². The Balaban J connectivity index is 0. The second-order valence-corrected chi connectivity index (χ2v) is 5.93. The maximum Gasteiger partial charge on any atom is 0.213 e. The Hall–Kier alpha value is 0.370. The number of rotatable bonds is 8. The molecule has 1 fully saturated rings. The monoisotopic (exact) mass is 337 g/mol. The summed E-state index contributed by atoms with van der Waals surface area (Å²) in [6, 6.07) is 0. The van der Waals surface area contributed by atoms with Gasteiger partial charge in [-0.2, -0.15) is 0 Å². The number of nitrogens with one attached hydrogen (secondary N) is 2. The molecule has 0 spiro atoms. The number of nitrogens with zero attached hydrogens (tertiary/aromatic N) is 1. The van der Waals surface area contributed by atoms with Crippen molar-refractivity contribution in [3.63, 3.8) is 0 Å². The minimum atomic E-state index is -3.17. The Labute approximate surface area is 128 Å².